The van der Waals surface area contributed by atoms with Crippen LogP contribution in [0.3, 0.4) is 0 Å². The van der Waals surface area contributed by atoms with E-state index in [0.29, 0.717) is 30.8 Å². The Morgan fingerprint density at radius 3 is 1.75 bits per heavy atom. The van der Waals surface area contributed by atoms with E-state index in [1.54, 1.807) is 20.8 Å². The third-order valence-electron chi connectivity index (χ3n) is 5.22. The molecule has 0 atom stereocenters. The molecule has 0 heterocycles. The molecule has 6 heteroatoms. The third kappa shape index (κ3) is 15.6. The van der Waals surface area contributed by atoms with Crippen molar-refractivity contribution in [1.29, 1.82) is 0 Å². The Hall–Kier alpha value is -1.43. The molecule has 0 spiro atoms. The molecule has 2 rings (SSSR count). The van der Waals surface area contributed by atoms with Gasteiger partial charge in [-0.05, 0) is 39.0 Å². The predicted octanol–water partition coefficient (Wildman–Crippen LogP) is 4.38. The summed E-state index contributed by atoms with van der Waals surface area (Å²) < 4.78 is 5.63. The number of ether oxygens (including phenoxy) is 1. The lowest BCUT2D eigenvalue weighted by Crippen LogP contribution is -2.18. The van der Waals surface area contributed by atoms with Crippen molar-refractivity contribution in [3.8, 4) is 0 Å². The molecule has 0 saturated heterocycles. The van der Waals surface area contributed by atoms with Crippen molar-refractivity contribution < 1.29 is 22.0 Å². The number of carbonyl (C=O) groups excluding carboxylic acids is 3. The average Bonchev–Trinajstić information content (AvgIpc) is 2.67. The molecule has 2 amide bonds. The Kier molecular flexibility index (Phi) is 15.7. The van der Waals surface area contributed by atoms with E-state index in [1.165, 1.54) is 51.4 Å². The van der Waals surface area contributed by atoms with Crippen molar-refractivity contribution in [2.24, 2.45) is 23.3 Å². The Morgan fingerprint density at radius 2 is 1.39 bits per heavy atom. The Balaban J connectivity index is -0.000000378. The molecule has 2 aliphatic rings. The number of amides is 2. The zero-order valence-corrected chi connectivity index (χ0v) is 18.2. The van der Waals surface area contributed by atoms with Crippen LogP contribution in [0.25, 0.3) is 0 Å². The van der Waals surface area contributed by atoms with E-state index in [9.17, 15) is 14.4 Å². The van der Waals surface area contributed by atoms with E-state index in [-0.39, 0.29) is 20.6 Å². The number of nitrogens with two attached hydrogens (primary N) is 2. The molecular formula is C22H46N2O4. The number of primary amides is 2. The van der Waals surface area contributed by atoms with Gasteiger partial charge in [0, 0.05) is 27.7 Å². The lowest BCUT2D eigenvalue weighted by Gasteiger charge is -2.21. The molecule has 168 valence electrons. The Bertz CT molecular complexity index is 450. The normalized spacial score (nSPS) is 17.7. The van der Waals surface area contributed by atoms with E-state index in [4.69, 9.17) is 16.2 Å². The van der Waals surface area contributed by atoms with Gasteiger partial charge in [-0.1, -0.05) is 52.4 Å². The maximum Gasteiger partial charge on any atom is 0.219 e. The highest BCUT2D eigenvalue weighted by atomic mass is 16.5. The summed E-state index contributed by atoms with van der Waals surface area (Å²) in [7, 11) is 0. The first-order valence-electron chi connectivity index (χ1n) is 10.9. The second-order valence-corrected chi connectivity index (χ2v) is 8.20. The highest BCUT2D eigenvalue weighted by molar-refractivity contribution is 5.78. The monoisotopic (exact) mass is 402 g/mol. The smallest absolute Gasteiger partial charge is 0.219 e. The van der Waals surface area contributed by atoms with Gasteiger partial charge >= 0.3 is 0 Å². The van der Waals surface area contributed by atoms with Crippen LogP contribution in [0, 0.1) is 11.8 Å². The number of ketones is 1. The molecule has 0 radical (unpaired) electrons. The fraction of sp³-hybridized carbons (Fsp3) is 0.864. The average molecular weight is 403 g/mol. The van der Waals surface area contributed by atoms with Crippen LogP contribution in [0.2, 0.25) is 0 Å². The Morgan fingerprint density at radius 1 is 0.929 bits per heavy atom. The minimum Gasteiger partial charge on any atom is -0.378 e. The zero-order chi connectivity index (χ0) is 21.4. The van der Waals surface area contributed by atoms with Gasteiger partial charge in [0.25, 0.3) is 0 Å². The summed E-state index contributed by atoms with van der Waals surface area (Å²) in [6.07, 6.45) is 14.2. The molecule has 0 aliphatic heterocycles. The number of hydrogen-bond acceptors (Lipinski definition) is 4. The van der Waals surface area contributed by atoms with Gasteiger partial charge in [0.2, 0.25) is 11.8 Å². The van der Waals surface area contributed by atoms with Crippen LogP contribution >= 0.6 is 0 Å². The molecule has 0 aromatic heterocycles. The largest absolute Gasteiger partial charge is 0.378 e. The predicted molar refractivity (Wildman–Crippen MR) is 117 cm³/mol. The summed E-state index contributed by atoms with van der Waals surface area (Å²) in [4.78, 5) is 31.1. The van der Waals surface area contributed by atoms with E-state index < -0.39 is 0 Å². The molecule has 0 bridgehead atoms. The second-order valence-electron chi connectivity index (χ2n) is 8.20. The number of Topliss-reactive ketones (excluding diaryl/α,β-unsaturated/α-hetero) is 1. The van der Waals surface area contributed by atoms with E-state index >= 15 is 0 Å². The fourth-order valence-corrected chi connectivity index (χ4v) is 3.24. The molecule has 28 heavy (non-hydrogen) atoms. The standard InChI is InChI=1S/C10H19NO2.C8H14O.C4H9NO.2H2/c11-10(12)7-4-8-13-9-5-2-1-3-6-9;1-7(9)8-5-3-2-4-6-8;1-3(2)4(5)6;;/h9H,1-8H2,(H2,11,12);8H,2-6H2,1H3;3H,1-2H3,(H2,5,6);2*1H. The van der Waals surface area contributed by atoms with Gasteiger partial charge in [-0.3, -0.25) is 14.4 Å². The van der Waals surface area contributed by atoms with Crippen molar-refractivity contribution in [2.45, 2.75) is 104 Å². The van der Waals surface area contributed by atoms with Crippen LogP contribution in [0.15, 0.2) is 0 Å². The number of carbonyl (C=O) groups is 3. The van der Waals surface area contributed by atoms with Crippen molar-refractivity contribution in [2.75, 3.05) is 6.61 Å². The van der Waals surface area contributed by atoms with Crippen molar-refractivity contribution in [3.05, 3.63) is 0 Å². The summed E-state index contributed by atoms with van der Waals surface area (Å²) in [6, 6.07) is 0. The number of hydrogen-bond donors (Lipinski definition) is 2. The number of rotatable bonds is 7. The SMILES string of the molecule is CC(=O)C1CCCCC1.CC(C)C(N)=O.NC(=O)CCCOC1CCCCC1.[HH].[HH]. The summed E-state index contributed by atoms with van der Waals surface area (Å²) in [5, 5.41) is 0. The van der Waals surface area contributed by atoms with Crippen LogP contribution in [0.4, 0.5) is 0 Å². The summed E-state index contributed by atoms with van der Waals surface area (Å²) in [5.74, 6) is 0.334. The van der Waals surface area contributed by atoms with Crippen molar-refractivity contribution in [3.63, 3.8) is 0 Å². The zero-order valence-electron chi connectivity index (χ0n) is 18.2. The fourth-order valence-electron chi connectivity index (χ4n) is 3.24. The molecule has 0 aromatic rings. The topological polar surface area (TPSA) is 112 Å². The van der Waals surface area contributed by atoms with Crippen LogP contribution in [-0.4, -0.2) is 30.3 Å². The van der Waals surface area contributed by atoms with Gasteiger partial charge in [0.1, 0.15) is 5.78 Å². The molecule has 0 aromatic carbocycles. The molecule has 2 fully saturated rings. The lowest BCUT2D eigenvalue weighted by atomic mass is 9.87. The van der Waals surface area contributed by atoms with Crippen molar-refractivity contribution >= 4 is 17.6 Å². The molecule has 2 saturated carbocycles. The molecule has 0 unspecified atom stereocenters. The summed E-state index contributed by atoms with van der Waals surface area (Å²) in [5.41, 5.74) is 9.81. The molecule has 6 nitrogen and oxygen atoms in total. The summed E-state index contributed by atoms with van der Waals surface area (Å²) in [6.45, 7) is 5.94. The first-order chi connectivity index (χ1) is 13.2. The van der Waals surface area contributed by atoms with Crippen LogP contribution < -0.4 is 11.5 Å². The van der Waals surface area contributed by atoms with Crippen molar-refractivity contribution in [1.82, 2.24) is 0 Å². The highest BCUT2D eigenvalue weighted by Crippen LogP contribution is 2.23. The van der Waals surface area contributed by atoms with Crippen LogP contribution in [0.5, 0.6) is 0 Å². The highest BCUT2D eigenvalue weighted by Gasteiger charge is 2.16. The molecule has 2 aliphatic carbocycles. The van der Waals surface area contributed by atoms with E-state index in [1.807, 2.05) is 0 Å². The minimum atomic E-state index is -0.241. The van der Waals surface area contributed by atoms with Gasteiger partial charge in [0.05, 0.1) is 6.10 Å². The first-order valence-corrected chi connectivity index (χ1v) is 10.9. The maximum atomic E-state index is 10.8. The van der Waals surface area contributed by atoms with Gasteiger partial charge in [-0.15, -0.1) is 0 Å². The molecular weight excluding hydrogens is 356 g/mol. The van der Waals surface area contributed by atoms with Crippen LogP contribution in [0.1, 0.15) is 101 Å². The van der Waals surface area contributed by atoms with Gasteiger partial charge in [-0.25, -0.2) is 0 Å². The van der Waals surface area contributed by atoms with Gasteiger partial charge in [-0.2, -0.15) is 0 Å². The Labute approximate surface area is 174 Å². The van der Waals surface area contributed by atoms with Gasteiger partial charge in [0.15, 0.2) is 0 Å². The van der Waals surface area contributed by atoms with E-state index in [2.05, 4.69) is 0 Å². The lowest BCUT2D eigenvalue weighted by molar-refractivity contribution is -0.122. The van der Waals surface area contributed by atoms with E-state index in [0.717, 1.165) is 19.3 Å². The minimum absolute atomic E-state index is 0. The summed E-state index contributed by atoms with van der Waals surface area (Å²) >= 11 is 0. The van der Waals surface area contributed by atoms with Gasteiger partial charge < -0.3 is 16.2 Å². The van der Waals surface area contributed by atoms with Crippen LogP contribution in [-0.2, 0) is 19.1 Å². The first kappa shape index (κ1) is 26.6. The molecule has 4 N–H and O–H groups in total. The third-order valence-corrected chi connectivity index (χ3v) is 5.22. The second kappa shape index (κ2) is 16.5. The maximum absolute atomic E-state index is 10.8. The quantitative estimate of drug-likeness (QED) is 0.615.